The van der Waals surface area contributed by atoms with Gasteiger partial charge in [0.2, 0.25) is 6.20 Å². The van der Waals surface area contributed by atoms with Gasteiger partial charge in [-0.2, -0.15) is 0 Å². The van der Waals surface area contributed by atoms with Crippen molar-refractivity contribution in [1.82, 2.24) is 0 Å². The Balaban J connectivity index is 2.87. The molecule has 0 fully saturated rings. The highest BCUT2D eigenvalue weighted by atomic mass is 16.6. The molecule has 0 spiro atoms. The zero-order chi connectivity index (χ0) is 12.7. The number of hydrogen-bond donors (Lipinski definition) is 0. The fourth-order valence-corrected chi connectivity index (χ4v) is 1.27. The predicted octanol–water partition coefficient (Wildman–Crippen LogP) is 2.73. The Morgan fingerprint density at radius 1 is 1.41 bits per heavy atom. The number of ether oxygens (including phenoxy) is 2. The van der Waals surface area contributed by atoms with E-state index in [1.165, 1.54) is 13.2 Å². The van der Waals surface area contributed by atoms with E-state index in [2.05, 4.69) is 0 Å². The third-order valence-corrected chi connectivity index (χ3v) is 2.04. The molecule has 0 amide bonds. The molecule has 0 N–H and O–H groups in total. The lowest BCUT2D eigenvalue weighted by Crippen LogP contribution is -1.97. The maximum atomic E-state index is 10.2. The first kappa shape index (κ1) is 13.0. The van der Waals surface area contributed by atoms with Gasteiger partial charge in [-0.05, 0) is 24.1 Å². The largest absolute Gasteiger partial charge is 0.493 e. The second kappa shape index (κ2) is 6.52. The summed E-state index contributed by atoms with van der Waals surface area (Å²) < 4.78 is 10.6. The highest BCUT2D eigenvalue weighted by molar-refractivity contribution is 5.55. The molecule has 5 nitrogen and oxygen atoms in total. The van der Waals surface area contributed by atoms with Crippen LogP contribution in [0.25, 0.3) is 6.08 Å². The molecule has 0 aromatic heterocycles. The van der Waals surface area contributed by atoms with E-state index in [9.17, 15) is 10.1 Å². The quantitative estimate of drug-likeness (QED) is 0.563. The Morgan fingerprint density at radius 3 is 2.76 bits per heavy atom. The van der Waals surface area contributed by atoms with Crippen LogP contribution in [0.1, 0.15) is 18.9 Å². The SMILES string of the molecule is CCCOc1ccc(C=C[N+](=O)[O-])cc1OC. The average molecular weight is 237 g/mol. The van der Waals surface area contributed by atoms with Crippen molar-refractivity contribution >= 4 is 6.08 Å². The van der Waals surface area contributed by atoms with Crippen molar-refractivity contribution < 1.29 is 14.4 Å². The van der Waals surface area contributed by atoms with E-state index in [4.69, 9.17) is 9.47 Å². The second-order valence-electron chi connectivity index (χ2n) is 3.36. The van der Waals surface area contributed by atoms with Crippen molar-refractivity contribution in [2.45, 2.75) is 13.3 Å². The molecule has 1 aromatic carbocycles. The lowest BCUT2D eigenvalue weighted by atomic mass is 10.2. The summed E-state index contributed by atoms with van der Waals surface area (Å²) in [6, 6.07) is 5.19. The molecule has 0 aliphatic carbocycles. The van der Waals surface area contributed by atoms with Crippen LogP contribution in [0.15, 0.2) is 24.4 Å². The molecule has 1 aromatic rings. The summed E-state index contributed by atoms with van der Waals surface area (Å²) in [5, 5.41) is 10.2. The second-order valence-corrected chi connectivity index (χ2v) is 3.36. The molecule has 0 saturated carbocycles. The van der Waals surface area contributed by atoms with E-state index in [-0.39, 0.29) is 0 Å². The van der Waals surface area contributed by atoms with E-state index < -0.39 is 4.92 Å². The number of benzene rings is 1. The Bertz CT molecular complexity index is 415. The van der Waals surface area contributed by atoms with E-state index in [0.29, 0.717) is 23.7 Å². The Labute approximate surface area is 99.8 Å². The summed E-state index contributed by atoms with van der Waals surface area (Å²) in [4.78, 5) is 9.69. The molecule has 0 aliphatic rings. The standard InChI is InChI=1S/C12H15NO4/c1-3-8-17-11-5-4-10(6-7-13(14)15)9-12(11)16-2/h4-7,9H,3,8H2,1-2H3. The van der Waals surface area contributed by atoms with Crippen molar-refractivity contribution in [2.24, 2.45) is 0 Å². The molecule has 1 rings (SSSR count). The molecule has 0 saturated heterocycles. The Hall–Kier alpha value is -2.04. The zero-order valence-electron chi connectivity index (χ0n) is 9.88. The van der Waals surface area contributed by atoms with Crippen LogP contribution in [0.2, 0.25) is 0 Å². The molecule has 5 heteroatoms. The van der Waals surface area contributed by atoms with Crippen molar-refractivity contribution in [2.75, 3.05) is 13.7 Å². The van der Waals surface area contributed by atoms with Crippen LogP contribution >= 0.6 is 0 Å². The fraction of sp³-hybridized carbons (Fsp3) is 0.333. The smallest absolute Gasteiger partial charge is 0.235 e. The monoisotopic (exact) mass is 237 g/mol. The minimum atomic E-state index is -0.506. The Kier molecular flexibility index (Phi) is 5.00. The van der Waals surface area contributed by atoms with Gasteiger partial charge < -0.3 is 9.47 Å². The first-order chi connectivity index (χ1) is 8.17. The van der Waals surface area contributed by atoms with Gasteiger partial charge in [0.15, 0.2) is 11.5 Å². The van der Waals surface area contributed by atoms with Gasteiger partial charge in [-0.25, -0.2) is 0 Å². The lowest BCUT2D eigenvalue weighted by molar-refractivity contribution is -0.400. The average Bonchev–Trinajstić information content (AvgIpc) is 2.34. The fourth-order valence-electron chi connectivity index (χ4n) is 1.27. The molecule has 0 heterocycles. The van der Waals surface area contributed by atoms with Crippen LogP contribution in [-0.4, -0.2) is 18.6 Å². The van der Waals surface area contributed by atoms with Gasteiger partial charge in [-0.15, -0.1) is 0 Å². The van der Waals surface area contributed by atoms with E-state index in [1.807, 2.05) is 6.92 Å². The first-order valence-corrected chi connectivity index (χ1v) is 5.30. The van der Waals surface area contributed by atoms with E-state index in [1.54, 1.807) is 18.2 Å². The minimum absolute atomic E-state index is 0.506. The van der Waals surface area contributed by atoms with Gasteiger partial charge >= 0.3 is 0 Å². The van der Waals surface area contributed by atoms with Crippen molar-refractivity contribution in [3.05, 3.63) is 40.1 Å². The summed E-state index contributed by atoms with van der Waals surface area (Å²) in [6.07, 6.45) is 3.21. The summed E-state index contributed by atoms with van der Waals surface area (Å²) in [6.45, 7) is 2.63. The molecule has 0 bridgehead atoms. The highest BCUT2D eigenvalue weighted by Crippen LogP contribution is 2.28. The summed E-state index contributed by atoms with van der Waals surface area (Å²) in [5.41, 5.74) is 0.697. The topological polar surface area (TPSA) is 61.6 Å². The number of hydrogen-bond acceptors (Lipinski definition) is 4. The first-order valence-electron chi connectivity index (χ1n) is 5.30. The van der Waals surface area contributed by atoms with Crippen LogP contribution in [-0.2, 0) is 0 Å². The lowest BCUT2D eigenvalue weighted by Gasteiger charge is -2.10. The van der Waals surface area contributed by atoms with Gasteiger partial charge in [0, 0.05) is 6.08 Å². The van der Waals surface area contributed by atoms with Gasteiger partial charge in [0.1, 0.15) is 0 Å². The summed E-state index contributed by atoms with van der Waals surface area (Å²) >= 11 is 0. The molecule has 17 heavy (non-hydrogen) atoms. The van der Waals surface area contributed by atoms with Crippen LogP contribution < -0.4 is 9.47 Å². The van der Waals surface area contributed by atoms with Crippen molar-refractivity contribution in [1.29, 1.82) is 0 Å². The Morgan fingerprint density at radius 2 is 2.18 bits per heavy atom. The molecule has 0 unspecified atom stereocenters. The van der Waals surface area contributed by atoms with Gasteiger partial charge in [0.25, 0.3) is 0 Å². The molecule has 0 atom stereocenters. The minimum Gasteiger partial charge on any atom is -0.493 e. The summed E-state index contributed by atoms with van der Waals surface area (Å²) in [5.74, 6) is 1.22. The van der Waals surface area contributed by atoms with Gasteiger partial charge in [-0.3, -0.25) is 10.1 Å². The van der Waals surface area contributed by atoms with Crippen LogP contribution in [0.4, 0.5) is 0 Å². The maximum absolute atomic E-state index is 10.2. The zero-order valence-corrected chi connectivity index (χ0v) is 9.88. The molecular formula is C12H15NO4. The van der Waals surface area contributed by atoms with Gasteiger partial charge in [0.05, 0.1) is 18.6 Å². The van der Waals surface area contributed by atoms with Gasteiger partial charge in [-0.1, -0.05) is 13.0 Å². The van der Waals surface area contributed by atoms with Crippen molar-refractivity contribution in [3.8, 4) is 11.5 Å². The normalized spacial score (nSPS) is 10.5. The summed E-state index contributed by atoms with van der Waals surface area (Å²) in [7, 11) is 1.54. The molecule has 92 valence electrons. The van der Waals surface area contributed by atoms with Crippen molar-refractivity contribution in [3.63, 3.8) is 0 Å². The number of rotatable bonds is 6. The van der Waals surface area contributed by atoms with Crippen LogP contribution in [0.3, 0.4) is 0 Å². The highest BCUT2D eigenvalue weighted by Gasteiger charge is 2.04. The third-order valence-electron chi connectivity index (χ3n) is 2.04. The number of nitro groups is 1. The predicted molar refractivity (Wildman–Crippen MR) is 64.8 cm³/mol. The third kappa shape index (κ3) is 4.14. The molecule has 0 radical (unpaired) electrons. The van der Waals surface area contributed by atoms with Crippen LogP contribution in [0.5, 0.6) is 11.5 Å². The number of methoxy groups -OCH3 is 1. The molecule has 0 aliphatic heterocycles. The van der Waals surface area contributed by atoms with E-state index >= 15 is 0 Å². The number of nitrogens with zero attached hydrogens (tertiary/aromatic N) is 1. The maximum Gasteiger partial charge on any atom is 0.235 e. The van der Waals surface area contributed by atoms with E-state index in [0.717, 1.165) is 12.6 Å². The molecular weight excluding hydrogens is 222 g/mol. The van der Waals surface area contributed by atoms with Crippen LogP contribution in [0, 0.1) is 10.1 Å².